The lowest BCUT2D eigenvalue weighted by Gasteiger charge is -2.34. The molecule has 1 aliphatic heterocycles. The molecule has 118 valence electrons. The molecular weight excluding hydrogens is 280 g/mol. The van der Waals surface area contributed by atoms with Gasteiger partial charge in [-0.15, -0.1) is 0 Å². The monoisotopic (exact) mass is 306 g/mol. The molecule has 1 atom stereocenters. The molecular formula is C13H26N2O4S. The summed E-state index contributed by atoms with van der Waals surface area (Å²) in [6.07, 6.45) is 0.564. The maximum atomic E-state index is 12.4. The van der Waals surface area contributed by atoms with Gasteiger partial charge in [-0.3, -0.25) is 4.79 Å². The minimum atomic E-state index is -3.44. The Balaban J connectivity index is 2.80. The first-order chi connectivity index (χ1) is 9.17. The summed E-state index contributed by atoms with van der Waals surface area (Å²) >= 11 is 0. The summed E-state index contributed by atoms with van der Waals surface area (Å²) in [7, 11) is -3.44. The Morgan fingerprint density at radius 1 is 1.40 bits per heavy atom. The van der Waals surface area contributed by atoms with Crippen LogP contribution in [-0.4, -0.2) is 56.7 Å². The van der Waals surface area contributed by atoms with E-state index < -0.39 is 22.0 Å². The molecule has 7 heteroatoms. The van der Waals surface area contributed by atoms with Crippen molar-refractivity contribution in [2.75, 3.05) is 32.0 Å². The van der Waals surface area contributed by atoms with Crippen LogP contribution in [0.15, 0.2) is 0 Å². The Kier molecular flexibility index (Phi) is 5.97. The fourth-order valence-electron chi connectivity index (χ4n) is 2.01. The fourth-order valence-corrected chi connectivity index (χ4v) is 4.03. The van der Waals surface area contributed by atoms with E-state index in [1.165, 1.54) is 4.31 Å². The molecule has 1 aliphatic rings. The Morgan fingerprint density at radius 3 is 2.60 bits per heavy atom. The van der Waals surface area contributed by atoms with Gasteiger partial charge in [-0.1, -0.05) is 20.8 Å². The number of carbonyl (C=O) groups is 1. The molecule has 0 saturated carbocycles. The molecule has 0 aromatic carbocycles. The third kappa shape index (κ3) is 5.03. The molecule has 1 fully saturated rings. The molecule has 0 spiro atoms. The van der Waals surface area contributed by atoms with Crippen LogP contribution < -0.4 is 5.32 Å². The molecule has 0 aromatic rings. The van der Waals surface area contributed by atoms with E-state index in [-0.39, 0.29) is 17.8 Å². The second-order valence-electron chi connectivity index (χ2n) is 6.21. The number of esters is 1. The van der Waals surface area contributed by atoms with E-state index in [2.05, 4.69) is 5.32 Å². The minimum Gasteiger partial charge on any atom is -0.465 e. The van der Waals surface area contributed by atoms with E-state index in [9.17, 15) is 13.2 Å². The van der Waals surface area contributed by atoms with Crippen molar-refractivity contribution in [1.29, 1.82) is 0 Å². The summed E-state index contributed by atoms with van der Waals surface area (Å²) in [5.41, 5.74) is -0.0550. The van der Waals surface area contributed by atoms with Crippen LogP contribution in [0.25, 0.3) is 0 Å². The number of nitrogens with one attached hydrogen (secondary N) is 1. The van der Waals surface area contributed by atoms with Gasteiger partial charge in [-0.05, 0) is 18.8 Å². The second-order valence-corrected chi connectivity index (χ2v) is 8.25. The van der Waals surface area contributed by atoms with Gasteiger partial charge < -0.3 is 10.1 Å². The van der Waals surface area contributed by atoms with Crippen molar-refractivity contribution in [3.8, 4) is 0 Å². The zero-order valence-electron chi connectivity index (χ0n) is 12.8. The first-order valence-electron chi connectivity index (χ1n) is 7.04. The summed E-state index contributed by atoms with van der Waals surface area (Å²) < 4.78 is 31.1. The van der Waals surface area contributed by atoms with Crippen molar-refractivity contribution in [2.45, 2.75) is 40.2 Å². The SMILES string of the molecule is CCOC(=O)C1CNCCN1S(=O)(=O)CCC(C)(C)C. The lowest BCUT2D eigenvalue weighted by molar-refractivity contribution is -0.148. The van der Waals surface area contributed by atoms with Gasteiger partial charge in [0, 0.05) is 19.6 Å². The molecule has 1 heterocycles. The summed E-state index contributed by atoms with van der Waals surface area (Å²) in [4.78, 5) is 11.9. The van der Waals surface area contributed by atoms with Crippen molar-refractivity contribution < 1.29 is 17.9 Å². The van der Waals surface area contributed by atoms with Crippen molar-refractivity contribution in [1.82, 2.24) is 9.62 Å². The van der Waals surface area contributed by atoms with Crippen LogP contribution in [0.3, 0.4) is 0 Å². The van der Waals surface area contributed by atoms with Crippen molar-refractivity contribution in [2.24, 2.45) is 5.41 Å². The Bertz CT molecular complexity index is 428. The highest BCUT2D eigenvalue weighted by Gasteiger charge is 2.37. The average molecular weight is 306 g/mol. The van der Waals surface area contributed by atoms with Gasteiger partial charge in [-0.25, -0.2) is 8.42 Å². The van der Waals surface area contributed by atoms with E-state index >= 15 is 0 Å². The van der Waals surface area contributed by atoms with Crippen LogP contribution in [0.1, 0.15) is 34.1 Å². The van der Waals surface area contributed by atoms with Crippen molar-refractivity contribution >= 4 is 16.0 Å². The van der Waals surface area contributed by atoms with E-state index in [1.807, 2.05) is 20.8 Å². The molecule has 1 N–H and O–H groups in total. The summed E-state index contributed by atoms with van der Waals surface area (Å²) in [5, 5.41) is 3.04. The first-order valence-corrected chi connectivity index (χ1v) is 8.65. The largest absolute Gasteiger partial charge is 0.465 e. The lowest BCUT2D eigenvalue weighted by atomic mass is 9.94. The summed E-state index contributed by atoms with van der Waals surface area (Å²) in [6, 6.07) is -0.742. The highest BCUT2D eigenvalue weighted by molar-refractivity contribution is 7.89. The Labute approximate surface area is 121 Å². The number of nitrogens with zero attached hydrogens (tertiary/aromatic N) is 1. The highest BCUT2D eigenvalue weighted by atomic mass is 32.2. The third-order valence-electron chi connectivity index (χ3n) is 3.22. The predicted molar refractivity (Wildman–Crippen MR) is 77.9 cm³/mol. The fraction of sp³-hybridized carbons (Fsp3) is 0.923. The molecule has 0 aromatic heterocycles. The van der Waals surface area contributed by atoms with Gasteiger partial charge in [0.25, 0.3) is 0 Å². The molecule has 0 radical (unpaired) electrons. The summed E-state index contributed by atoms with van der Waals surface area (Å²) in [6.45, 7) is 9.17. The Morgan fingerprint density at radius 2 is 2.05 bits per heavy atom. The third-order valence-corrected chi connectivity index (χ3v) is 5.09. The van der Waals surface area contributed by atoms with Crippen LogP contribution >= 0.6 is 0 Å². The van der Waals surface area contributed by atoms with Crippen LogP contribution in [0.4, 0.5) is 0 Å². The highest BCUT2D eigenvalue weighted by Crippen LogP contribution is 2.22. The van der Waals surface area contributed by atoms with Crippen molar-refractivity contribution in [3.05, 3.63) is 0 Å². The topological polar surface area (TPSA) is 75.7 Å². The average Bonchev–Trinajstić information content (AvgIpc) is 2.36. The van der Waals surface area contributed by atoms with E-state index in [0.717, 1.165) is 0 Å². The van der Waals surface area contributed by atoms with E-state index in [0.29, 0.717) is 26.1 Å². The van der Waals surface area contributed by atoms with Gasteiger partial charge in [0.1, 0.15) is 6.04 Å². The van der Waals surface area contributed by atoms with Gasteiger partial charge in [0.2, 0.25) is 10.0 Å². The number of piperazine rings is 1. The van der Waals surface area contributed by atoms with Crippen LogP contribution in [0.5, 0.6) is 0 Å². The van der Waals surface area contributed by atoms with Crippen LogP contribution in [0.2, 0.25) is 0 Å². The second kappa shape index (κ2) is 6.87. The maximum absolute atomic E-state index is 12.4. The van der Waals surface area contributed by atoms with E-state index in [1.54, 1.807) is 6.92 Å². The number of hydrogen-bond acceptors (Lipinski definition) is 5. The minimum absolute atomic E-state index is 0.0550. The van der Waals surface area contributed by atoms with Gasteiger partial charge in [0.05, 0.1) is 12.4 Å². The molecule has 20 heavy (non-hydrogen) atoms. The molecule has 0 bridgehead atoms. The van der Waals surface area contributed by atoms with Crippen LogP contribution in [-0.2, 0) is 19.6 Å². The molecule has 0 amide bonds. The molecule has 1 unspecified atom stereocenters. The van der Waals surface area contributed by atoms with Gasteiger partial charge in [0.15, 0.2) is 0 Å². The molecule has 0 aliphatic carbocycles. The zero-order chi connectivity index (χ0) is 15.4. The van der Waals surface area contributed by atoms with Gasteiger partial charge >= 0.3 is 5.97 Å². The van der Waals surface area contributed by atoms with Crippen molar-refractivity contribution in [3.63, 3.8) is 0 Å². The number of hydrogen-bond donors (Lipinski definition) is 1. The first kappa shape index (κ1) is 17.4. The maximum Gasteiger partial charge on any atom is 0.325 e. The number of rotatable bonds is 5. The molecule has 6 nitrogen and oxygen atoms in total. The molecule has 1 saturated heterocycles. The predicted octanol–water partition coefficient (Wildman–Crippen LogP) is 0.589. The lowest BCUT2D eigenvalue weighted by Crippen LogP contribution is -2.57. The summed E-state index contributed by atoms with van der Waals surface area (Å²) in [5.74, 6) is -0.411. The van der Waals surface area contributed by atoms with E-state index in [4.69, 9.17) is 4.74 Å². The van der Waals surface area contributed by atoms with Crippen LogP contribution in [0, 0.1) is 5.41 Å². The quantitative estimate of drug-likeness (QED) is 0.752. The zero-order valence-corrected chi connectivity index (χ0v) is 13.6. The Hall–Kier alpha value is -0.660. The number of sulfonamides is 1. The number of ether oxygens (including phenoxy) is 1. The molecule has 1 rings (SSSR count). The van der Waals surface area contributed by atoms with Gasteiger partial charge in [-0.2, -0.15) is 4.31 Å². The normalized spacial score (nSPS) is 21.7. The smallest absolute Gasteiger partial charge is 0.325 e. The number of carbonyl (C=O) groups excluding carboxylic acids is 1. The standard InChI is InChI=1S/C13H26N2O4S/c1-5-19-12(16)11-10-14-7-8-15(11)20(17,18)9-6-13(2,3)4/h11,14H,5-10H2,1-4H3.